The molecule has 90 valence electrons. The molecule has 0 unspecified atom stereocenters. The van der Waals surface area contributed by atoms with E-state index in [0.29, 0.717) is 6.04 Å². The third kappa shape index (κ3) is 5.87. The second-order valence-electron chi connectivity index (χ2n) is 3.95. The number of aromatic nitrogens is 1. The summed E-state index contributed by atoms with van der Waals surface area (Å²) in [5, 5.41) is 4.52. The lowest BCUT2D eigenvalue weighted by molar-refractivity contribution is 0.567. The lowest BCUT2D eigenvalue weighted by Gasteiger charge is -2.07. The van der Waals surface area contributed by atoms with Gasteiger partial charge in [0.25, 0.3) is 0 Å². The summed E-state index contributed by atoms with van der Waals surface area (Å²) >= 11 is 5.32. The molecular weight excluding hydrogens is 284 g/mol. The second kappa shape index (κ2) is 8.09. The first-order chi connectivity index (χ1) is 7.70. The van der Waals surface area contributed by atoms with Gasteiger partial charge in [-0.2, -0.15) is 0 Å². The van der Waals surface area contributed by atoms with Gasteiger partial charge in [0.05, 0.1) is 0 Å². The van der Waals surface area contributed by atoms with E-state index in [9.17, 15) is 0 Å². The normalized spacial score (nSPS) is 11.0. The van der Waals surface area contributed by atoms with Gasteiger partial charge in [-0.25, -0.2) is 4.98 Å². The van der Waals surface area contributed by atoms with E-state index in [-0.39, 0.29) is 0 Å². The molecule has 0 aromatic carbocycles. The summed E-state index contributed by atoms with van der Waals surface area (Å²) in [6.07, 6.45) is 4.30. The monoisotopic (exact) mass is 302 g/mol. The van der Waals surface area contributed by atoms with Crippen LogP contribution in [-0.2, 0) is 0 Å². The van der Waals surface area contributed by atoms with Crippen molar-refractivity contribution in [2.24, 2.45) is 0 Å². The molecular formula is C12H19BrN2S. The lowest BCUT2D eigenvalue weighted by atomic mass is 10.3. The van der Waals surface area contributed by atoms with E-state index in [1.54, 1.807) is 0 Å². The third-order valence-electron chi connectivity index (χ3n) is 2.09. The quantitative estimate of drug-likeness (QED) is 0.614. The van der Waals surface area contributed by atoms with Crippen molar-refractivity contribution in [1.29, 1.82) is 0 Å². The van der Waals surface area contributed by atoms with Crippen LogP contribution in [0.4, 0.5) is 0 Å². The van der Waals surface area contributed by atoms with E-state index >= 15 is 0 Å². The molecule has 0 spiro atoms. The van der Waals surface area contributed by atoms with E-state index in [2.05, 4.69) is 40.1 Å². The average Bonchev–Trinajstić information content (AvgIpc) is 2.25. The standard InChI is InChI=1S/C12H19BrN2S/c1-10(2)14-7-3-4-9-16-12-11(13)6-5-8-15-12/h5-6,8,10,14H,3-4,7,9H2,1-2H3. The predicted octanol–water partition coefficient (Wildman–Crippen LogP) is 3.71. The summed E-state index contributed by atoms with van der Waals surface area (Å²) in [5.74, 6) is 1.13. The maximum absolute atomic E-state index is 4.32. The van der Waals surface area contributed by atoms with Gasteiger partial charge in [0, 0.05) is 16.7 Å². The van der Waals surface area contributed by atoms with Gasteiger partial charge < -0.3 is 5.32 Å². The van der Waals surface area contributed by atoms with Crippen molar-refractivity contribution in [1.82, 2.24) is 10.3 Å². The highest BCUT2D eigenvalue weighted by Crippen LogP contribution is 2.25. The van der Waals surface area contributed by atoms with Crippen molar-refractivity contribution in [3.8, 4) is 0 Å². The molecule has 1 rings (SSSR count). The van der Waals surface area contributed by atoms with Crippen molar-refractivity contribution in [3.63, 3.8) is 0 Å². The molecule has 0 amide bonds. The molecule has 0 aliphatic heterocycles. The zero-order valence-electron chi connectivity index (χ0n) is 9.87. The smallest absolute Gasteiger partial charge is 0.110 e. The van der Waals surface area contributed by atoms with Gasteiger partial charge in [0.15, 0.2) is 0 Å². The highest BCUT2D eigenvalue weighted by Gasteiger charge is 2.00. The summed E-state index contributed by atoms with van der Waals surface area (Å²) in [6, 6.07) is 4.58. The Balaban J connectivity index is 2.10. The number of halogens is 1. The van der Waals surface area contributed by atoms with Gasteiger partial charge >= 0.3 is 0 Å². The number of nitrogens with zero attached hydrogens (tertiary/aromatic N) is 1. The Kier molecular flexibility index (Phi) is 7.08. The maximum Gasteiger partial charge on any atom is 0.110 e. The average molecular weight is 303 g/mol. The zero-order valence-corrected chi connectivity index (χ0v) is 12.3. The van der Waals surface area contributed by atoms with E-state index in [4.69, 9.17) is 0 Å². The van der Waals surface area contributed by atoms with Gasteiger partial charge in [-0.1, -0.05) is 13.8 Å². The van der Waals surface area contributed by atoms with E-state index in [0.717, 1.165) is 21.8 Å². The van der Waals surface area contributed by atoms with Crippen LogP contribution in [-0.4, -0.2) is 23.3 Å². The van der Waals surface area contributed by atoms with Crippen molar-refractivity contribution in [2.45, 2.75) is 37.8 Å². The van der Waals surface area contributed by atoms with Gasteiger partial charge in [-0.15, -0.1) is 11.8 Å². The minimum Gasteiger partial charge on any atom is -0.315 e. The van der Waals surface area contributed by atoms with Crippen LogP contribution in [0.5, 0.6) is 0 Å². The molecule has 16 heavy (non-hydrogen) atoms. The summed E-state index contributed by atoms with van der Waals surface area (Å²) in [5.41, 5.74) is 0. The predicted molar refractivity (Wildman–Crippen MR) is 75.0 cm³/mol. The molecule has 0 fully saturated rings. The Morgan fingerprint density at radius 2 is 2.25 bits per heavy atom. The van der Waals surface area contributed by atoms with Gasteiger partial charge in [0.1, 0.15) is 5.03 Å². The Morgan fingerprint density at radius 3 is 2.94 bits per heavy atom. The van der Waals surface area contributed by atoms with Crippen molar-refractivity contribution >= 4 is 27.7 Å². The molecule has 2 nitrogen and oxygen atoms in total. The molecule has 1 N–H and O–H groups in total. The Labute approximate surface area is 111 Å². The number of nitrogens with one attached hydrogen (secondary N) is 1. The molecule has 1 aromatic rings. The number of hydrogen-bond acceptors (Lipinski definition) is 3. The number of hydrogen-bond donors (Lipinski definition) is 1. The molecule has 0 radical (unpaired) electrons. The molecule has 1 aromatic heterocycles. The second-order valence-corrected chi connectivity index (χ2v) is 5.89. The largest absolute Gasteiger partial charge is 0.315 e. The molecule has 0 saturated carbocycles. The van der Waals surface area contributed by atoms with Crippen LogP contribution in [0.25, 0.3) is 0 Å². The van der Waals surface area contributed by atoms with E-state index in [1.807, 2.05) is 30.1 Å². The van der Waals surface area contributed by atoms with Crippen molar-refractivity contribution in [3.05, 3.63) is 22.8 Å². The summed E-state index contributed by atoms with van der Waals surface area (Å²) in [6.45, 7) is 5.47. The number of unbranched alkanes of at least 4 members (excludes halogenated alkanes) is 1. The van der Waals surface area contributed by atoms with Crippen LogP contribution in [0.3, 0.4) is 0 Å². The minimum atomic E-state index is 0.595. The molecule has 0 bridgehead atoms. The summed E-state index contributed by atoms with van der Waals surface area (Å²) in [4.78, 5) is 4.32. The van der Waals surface area contributed by atoms with Crippen molar-refractivity contribution in [2.75, 3.05) is 12.3 Å². The summed E-state index contributed by atoms with van der Waals surface area (Å²) in [7, 11) is 0. The van der Waals surface area contributed by atoms with Crippen LogP contribution >= 0.6 is 27.7 Å². The molecule has 1 heterocycles. The topological polar surface area (TPSA) is 24.9 Å². The SMILES string of the molecule is CC(C)NCCCCSc1ncccc1Br. The zero-order chi connectivity index (χ0) is 11.8. The Hall–Kier alpha value is -0.0600. The van der Waals surface area contributed by atoms with Crippen molar-refractivity contribution < 1.29 is 0 Å². The summed E-state index contributed by atoms with van der Waals surface area (Å²) < 4.78 is 1.10. The first-order valence-corrected chi connectivity index (χ1v) is 7.44. The fraction of sp³-hybridized carbons (Fsp3) is 0.583. The van der Waals surface area contributed by atoms with Crippen LogP contribution in [0, 0.1) is 0 Å². The fourth-order valence-corrected chi connectivity index (χ4v) is 2.75. The fourth-order valence-electron chi connectivity index (χ4n) is 1.26. The number of rotatable bonds is 7. The van der Waals surface area contributed by atoms with E-state index in [1.165, 1.54) is 12.8 Å². The van der Waals surface area contributed by atoms with Gasteiger partial charge in [0.2, 0.25) is 0 Å². The van der Waals surface area contributed by atoms with Crippen LogP contribution < -0.4 is 5.32 Å². The van der Waals surface area contributed by atoms with Gasteiger partial charge in [-0.3, -0.25) is 0 Å². The molecule has 0 saturated heterocycles. The highest BCUT2D eigenvalue weighted by atomic mass is 79.9. The highest BCUT2D eigenvalue weighted by molar-refractivity contribution is 9.10. The third-order valence-corrected chi connectivity index (χ3v) is 4.08. The molecule has 0 aliphatic carbocycles. The molecule has 0 aliphatic rings. The first-order valence-electron chi connectivity index (χ1n) is 5.67. The Bertz CT molecular complexity index is 305. The van der Waals surface area contributed by atoms with Crippen LogP contribution in [0.1, 0.15) is 26.7 Å². The minimum absolute atomic E-state index is 0.595. The van der Waals surface area contributed by atoms with Crippen LogP contribution in [0.15, 0.2) is 27.8 Å². The number of thioether (sulfide) groups is 1. The molecule has 0 atom stereocenters. The first kappa shape index (κ1) is 14.0. The van der Waals surface area contributed by atoms with Crippen LogP contribution in [0.2, 0.25) is 0 Å². The molecule has 4 heteroatoms. The number of pyridine rings is 1. The Morgan fingerprint density at radius 1 is 1.44 bits per heavy atom. The van der Waals surface area contributed by atoms with E-state index < -0.39 is 0 Å². The lowest BCUT2D eigenvalue weighted by Crippen LogP contribution is -2.23. The maximum atomic E-state index is 4.32. The van der Waals surface area contributed by atoms with Gasteiger partial charge in [-0.05, 0) is 53.2 Å².